The first-order chi connectivity index (χ1) is 10.2. The van der Waals surface area contributed by atoms with Gasteiger partial charge in [-0.2, -0.15) is 0 Å². The molecule has 0 N–H and O–H groups in total. The predicted octanol–water partition coefficient (Wildman–Crippen LogP) is 4.48. The van der Waals surface area contributed by atoms with Gasteiger partial charge in [-0.15, -0.1) is 13.2 Å². The molecule has 0 spiro atoms. The van der Waals surface area contributed by atoms with Gasteiger partial charge in [0.1, 0.15) is 11.6 Å². The summed E-state index contributed by atoms with van der Waals surface area (Å²) in [7, 11) is 0. The van der Waals surface area contributed by atoms with Gasteiger partial charge in [-0.05, 0) is 23.8 Å². The van der Waals surface area contributed by atoms with Crippen molar-refractivity contribution in [2.45, 2.75) is 6.36 Å². The average molecular weight is 320 g/mol. The van der Waals surface area contributed by atoms with E-state index in [9.17, 15) is 31.1 Å². The molecule has 0 heterocycles. The SMILES string of the molecule is O=Cc1ccc(-c2cc(F)c(F)cc2F)cc1OC(F)(F)F. The van der Waals surface area contributed by atoms with Gasteiger partial charge in [-0.1, -0.05) is 6.07 Å². The van der Waals surface area contributed by atoms with Crippen LogP contribution in [0.1, 0.15) is 10.4 Å². The van der Waals surface area contributed by atoms with Gasteiger partial charge in [0.2, 0.25) is 0 Å². The van der Waals surface area contributed by atoms with E-state index in [2.05, 4.69) is 4.74 Å². The molecule has 2 rings (SSSR count). The van der Waals surface area contributed by atoms with Crippen molar-refractivity contribution in [2.24, 2.45) is 0 Å². The van der Waals surface area contributed by atoms with Crippen molar-refractivity contribution in [1.29, 1.82) is 0 Å². The minimum absolute atomic E-state index is 0.118. The molecule has 0 aliphatic rings. The molecule has 0 atom stereocenters. The van der Waals surface area contributed by atoms with Crippen LogP contribution in [0.4, 0.5) is 26.3 Å². The smallest absolute Gasteiger partial charge is 0.405 e. The van der Waals surface area contributed by atoms with Gasteiger partial charge in [0, 0.05) is 11.6 Å². The van der Waals surface area contributed by atoms with Crippen LogP contribution < -0.4 is 4.74 Å². The van der Waals surface area contributed by atoms with E-state index in [-0.39, 0.29) is 17.9 Å². The number of halogens is 6. The maximum atomic E-state index is 13.6. The molecule has 116 valence electrons. The van der Waals surface area contributed by atoms with Crippen LogP contribution in [0.5, 0.6) is 5.75 Å². The first kappa shape index (κ1) is 15.9. The Morgan fingerprint density at radius 3 is 2.14 bits per heavy atom. The Morgan fingerprint density at radius 2 is 1.55 bits per heavy atom. The second kappa shape index (κ2) is 5.70. The van der Waals surface area contributed by atoms with Crippen molar-refractivity contribution in [3.8, 4) is 16.9 Å². The van der Waals surface area contributed by atoms with Crippen molar-refractivity contribution >= 4 is 6.29 Å². The molecule has 8 heteroatoms. The quantitative estimate of drug-likeness (QED) is 0.473. The molecular weight excluding hydrogens is 314 g/mol. The molecule has 2 aromatic rings. The largest absolute Gasteiger partial charge is 0.573 e. The third kappa shape index (κ3) is 3.38. The lowest BCUT2D eigenvalue weighted by molar-refractivity contribution is -0.274. The first-order valence-electron chi connectivity index (χ1n) is 5.71. The van der Waals surface area contributed by atoms with Crippen molar-refractivity contribution in [2.75, 3.05) is 0 Å². The lowest BCUT2D eigenvalue weighted by Crippen LogP contribution is -2.18. The summed E-state index contributed by atoms with van der Waals surface area (Å²) in [5, 5.41) is 0. The van der Waals surface area contributed by atoms with E-state index in [1.165, 1.54) is 0 Å². The fourth-order valence-corrected chi connectivity index (χ4v) is 1.76. The Balaban J connectivity index is 2.56. The highest BCUT2D eigenvalue weighted by atomic mass is 19.4. The van der Waals surface area contributed by atoms with Crippen LogP contribution in [-0.2, 0) is 0 Å². The van der Waals surface area contributed by atoms with E-state index in [0.717, 1.165) is 12.1 Å². The van der Waals surface area contributed by atoms with Crippen LogP contribution in [0.3, 0.4) is 0 Å². The number of hydrogen-bond acceptors (Lipinski definition) is 2. The molecule has 0 saturated carbocycles. The molecule has 0 fully saturated rings. The van der Waals surface area contributed by atoms with Gasteiger partial charge in [0.25, 0.3) is 0 Å². The molecule has 0 aliphatic carbocycles. The fraction of sp³-hybridized carbons (Fsp3) is 0.0714. The van der Waals surface area contributed by atoms with Crippen LogP contribution in [0.15, 0.2) is 30.3 Å². The van der Waals surface area contributed by atoms with E-state index in [4.69, 9.17) is 0 Å². The minimum Gasteiger partial charge on any atom is -0.405 e. The number of ether oxygens (including phenoxy) is 1. The second-order valence-corrected chi connectivity index (χ2v) is 4.16. The predicted molar refractivity (Wildman–Crippen MR) is 63.8 cm³/mol. The Labute approximate surface area is 119 Å². The summed E-state index contributed by atoms with van der Waals surface area (Å²) in [5.74, 6) is -4.84. The van der Waals surface area contributed by atoms with E-state index >= 15 is 0 Å². The summed E-state index contributed by atoms with van der Waals surface area (Å²) in [4.78, 5) is 10.7. The summed E-state index contributed by atoms with van der Waals surface area (Å²) in [5.41, 5.74) is -1.10. The monoisotopic (exact) mass is 320 g/mol. The van der Waals surface area contributed by atoms with Crippen molar-refractivity contribution in [1.82, 2.24) is 0 Å². The molecular formula is C14H6F6O2. The van der Waals surface area contributed by atoms with Crippen LogP contribution in [0, 0.1) is 17.5 Å². The number of rotatable bonds is 3. The normalized spacial score (nSPS) is 11.4. The number of carbonyl (C=O) groups excluding carboxylic acids is 1. The van der Waals surface area contributed by atoms with Gasteiger partial charge in [-0.3, -0.25) is 4.79 Å². The maximum absolute atomic E-state index is 13.6. The highest BCUT2D eigenvalue weighted by molar-refractivity contribution is 5.82. The number of hydrogen-bond donors (Lipinski definition) is 0. The maximum Gasteiger partial charge on any atom is 0.573 e. The van der Waals surface area contributed by atoms with E-state index < -0.39 is 40.7 Å². The van der Waals surface area contributed by atoms with Crippen molar-refractivity contribution in [3.05, 3.63) is 53.3 Å². The third-order valence-electron chi connectivity index (χ3n) is 2.69. The second-order valence-electron chi connectivity index (χ2n) is 4.16. The summed E-state index contributed by atoms with van der Waals surface area (Å²) in [6.07, 6.45) is -4.95. The molecule has 0 aromatic heterocycles. The van der Waals surface area contributed by atoms with Crippen LogP contribution in [0.25, 0.3) is 11.1 Å². The summed E-state index contributed by atoms with van der Waals surface area (Å²) in [6.45, 7) is 0. The van der Waals surface area contributed by atoms with E-state index in [0.29, 0.717) is 12.1 Å². The van der Waals surface area contributed by atoms with Gasteiger partial charge >= 0.3 is 6.36 Å². The molecule has 0 bridgehead atoms. The van der Waals surface area contributed by atoms with Crippen LogP contribution >= 0.6 is 0 Å². The molecule has 0 radical (unpaired) electrons. The van der Waals surface area contributed by atoms with Gasteiger partial charge in [0.15, 0.2) is 17.9 Å². The number of benzene rings is 2. The zero-order valence-electron chi connectivity index (χ0n) is 10.5. The molecule has 0 amide bonds. The molecule has 2 aromatic carbocycles. The highest BCUT2D eigenvalue weighted by Gasteiger charge is 2.32. The topological polar surface area (TPSA) is 26.3 Å². The summed E-state index contributed by atoms with van der Waals surface area (Å²) >= 11 is 0. The lowest BCUT2D eigenvalue weighted by Gasteiger charge is -2.12. The van der Waals surface area contributed by atoms with E-state index in [1.54, 1.807) is 0 Å². The number of carbonyl (C=O) groups is 1. The van der Waals surface area contributed by atoms with Crippen LogP contribution in [0.2, 0.25) is 0 Å². The van der Waals surface area contributed by atoms with Crippen molar-refractivity contribution < 1.29 is 35.9 Å². The Kier molecular flexibility index (Phi) is 4.11. The van der Waals surface area contributed by atoms with Gasteiger partial charge in [-0.25, -0.2) is 13.2 Å². The third-order valence-corrected chi connectivity index (χ3v) is 2.69. The average Bonchev–Trinajstić information content (AvgIpc) is 2.41. The highest BCUT2D eigenvalue weighted by Crippen LogP contribution is 2.32. The fourth-order valence-electron chi connectivity index (χ4n) is 1.76. The number of aldehydes is 1. The van der Waals surface area contributed by atoms with Gasteiger partial charge in [0.05, 0.1) is 5.56 Å². The first-order valence-corrected chi connectivity index (χ1v) is 5.71. The zero-order chi connectivity index (χ0) is 16.5. The summed E-state index contributed by atoms with van der Waals surface area (Å²) < 4.78 is 80.1. The molecule has 22 heavy (non-hydrogen) atoms. The Bertz CT molecular complexity index is 724. The molecule has 0 unspecified atom stereocenters. The lowest BCUT2D eigenvalue weighted by atomic mass is 10.0. The van der Waals surface area contributed by atoms with Crippen molar-refractivity contribution in [3.63, 3.8) is 0 Å². The van der Waals surface area contributed by atoms with Crippen LogP contribution in [-0.4, -0.2) is 12.6 Å². The molecule has 0 saturated heterocycles. The molecule has 0 aliphatic heterocycles. The number of alkyl halides is 3. The Morgan fingerprint density at radius 1 is 0.909 bits per heavy atom. The van der Waals surface area contributed by atoms with Gasteiger partial charge < -0.3 is 4.74 Å². The summed E-state index contributed by atoms with van der Waals surface area (Å²) in [6, 6.07) is 3.51. The van der Waals surface area contributed by atoms with E-state index in [1.807, 2.05) is 0 Å². The standard InChI is InChI=1S/C14H6F6O2/c15-10-5-12(17)11(16)4-9(10)7-1-2-8(6-21)13(3-7)22-14(18,19)20/h1-6H. The minimum atomic E-state index is -5.07. The molecule has 2 nitrogen and oxygen atoms in total. The Hall–Kier alpha value is -2.51. The zero-order valence-corrected chi connectivity index (χ0v) is 10.5.